The third-order valence-electron chi connectivity index (χ3n) is 5.36. The fourth-order valence-corrected chi connectivity index (χ4v) is 3.72. The second kappa shape index (κ2) is 11.5. The Labute approximate surface area is 183 Å². The van der Waals surface area contributed by atoms with Crippen molar-refractivity contribution in [3.05, 3.63) is 59.4 Å². The summed E-state index contributed by atoms with van der Waals surface area (Å²) >= 11 is 0. The van der Waals surface area contributed by atoms with Crippen molar-refractivity contribution in [1.29, 1.82) is 0 Å². The highest BCUT2D eigenvalue weighted by atomic mass is 19.1. The predicted octanol–water partition coefficient (Wildman–Crippen LogP) is 2.58. The standard InChI is InChI=1S/C23H31FN4O3/c1-25-23(26-15-18-5-4-6-21(29-2)22(18)30-3)27-16-20(28-11-13-31-14-12-28)17-7-9-19(24)10-8-17/h4-10,20H,11-16H2,1-3H3,(H2,25,26,27). The molecule has 31 heavy (non-hydrogen) atoms. The molecule has 0 aromatic heterocycles. The molecule has 1 atom stereocenters. The molecule has 0 bridgehead atoms. The van der Waals surface area contributed by atoms with Crippen LogP contribution in [0.15, 0.2) is 47.5 Å². The fraction of sp³-hybridized carbons (Fsp3) is 0.435. The topological polar surface area (TPSA) is 67.4 Å². The summed E-state index contributed by atoms with van der Waals surface area (Å²) in [5, 5.41) is 6.74. The van der Waals surface area contributed by atoms with E-state index >= 15 is 0 Å². The molecular formula is C23H31FN4O3. The van der Waals surface area contributed by atoms with Crippen molar-refractivity contribution in [3.63, 3.8) is 0 Å². The van der Waals surface area contributed by atoms with Gasteiger partial charge in [-0.2, -0.15) is 0 Å². The van der Waals surface area contributed by atoms with Crippen LogP contribution in [0.5, 0.6) is 11.5 Å². The molecule has 8 heteroatoms. The third-order valence-corrected chi connectivity index (χ3v) is 5.36. The van der Waals surface area contributed by atoms with E-state index < -0.39 is 0 Å². The maximum atomic E-state index is 13.4. The summed E-state index contributed by atoms with van der Waals surface area (Å²) in [6, 6.07) is 12.5. The first-order valence-corrected chi connectivity index (χ1v) is 10.4. The van der Waals surface area contributed by atoms with Gasteiger partial charge in [-0.1, -0.05) is 24.3 Å². The number of rotatable bonds is 8. The second-order valence-electron chi connectivity index (χ2n) is 7.18. The van der Waals surface area contributed by atoms with Gasteiger partial charge in [0.05, 0.1) is 33.5 Å². The van der Waals surface area contributed by atoms with Crippen molar-refractivity contribution in [2.24, 2.45) is 4.99 Å². The second-order valence-corrected chi connectivity index (χ2v) is 7.18. The van der Waals surface area contributed by atoms with Crippen LogP contribution >= 0.6 is 0 Å². The third kappa shape index (κ3) is 6.08. The number of hydrogen-bond donors (Lipinski definition) is 2. The molecule has 3 rings (SSSR count). The molecule has 2 aromatic carbocycles. The minimum Gasteiger partial charge on any atom is -0.493 e. The molecule has 1 aliphatic heterocycles. The Kier molecular flexibility index (Phi) is 8.49. The van der Waals surface area contributed by atoms with Gasteiger partial charge in [-0.05, 0) is 23.8 Å². The summed E-state index contributed by atoms with van der Waals surface area (Å²) < 4.78 is 29.8. The lowest BCUT2D eigenvalue weighted by Gasteiger charge is -2.35. The van der Waals surface area contributed by atoms with Crippen molar-refractivity contribution in [2.45, 2.75) is 12.6 Å². The molecule has 0 saturated carbocycles. The van der Waals surface area contributed by atoms with Gasteiger partial charge in [-0.3, -0.25) is 9.89 Å². The fourth-order valence-electron chi connectivity index (χ4n) is 3.72. The number of ether oxygens (including phenoxy) is 3. The van der Waals surface area contributed by atoms with Gasteiger partial charge in [0.25, 0.3) is 0 Å². The Morgan fingerprint density at radius 1 is 1.10 bits per heavy atom. The molecule has 168 valence electrons. The molecule has 0 radical (unpaired) electrons. The predicted molar refractivity (Wildman–Crippen MR) is 119 cm³/mol. The van der Waals surface area contributed by atoms with Crippen LogP contribution in [0.2, 0.25) is 0 Å². The molecule has 2 aromatic rings. The van der Waals surface area contributed by atoms with Crippen molar-refractivity contribution in [3.8, 4) is 11.5 Å². The van der Waals surface area contributed by atoms with Crippen LogP contribution in [0, 0.1) is 5.82 Å². The summed E-state index contributed by atoms with van der Waals surface area (Å²) in [6.07, 6.45) is 0. The monoisotopic (exact) mass is 430 g/mol. The van der Waals surface area contributed by atoms with E-state index in [9.17, 15) is 4.39 Å². The maximum absolute atomic E-state index is 13.4. The Hall–Kier alpha value is -2.84. The molecule has 7 nitrogen and oxygen atoms in total. The first kappa shape index (κ1) is 22.8. The molecule has 0 amide bonds. The average Bonchev–Trinajstić information content (AvgIpc) is 2.82. The number of morpholine rings is 1. The summed E-state index contributed by atoms with van der Waals surface area (Å²) in [6.45, 7) is 4.20. The lowest BCUT2D eigenvalue weighted by atomic mass is 10.0. The average molecular weight is 431 g/mol. The van der Waals surface area contributed by atoms with E-state index in [0.717, 1.165) is 24.2 Å². The molecule has 0 aliphatic carbocycles. The summed E-state index contributed by atoms with van der Waals surface area (Å²) in [5.74, 6) is 1.83. The van der Waals surface area contributed by atoms with E-state index in [1.807, 2.05) is 30.3 Å². The van der Waals surface area contributed by atoms with E-state index in [1.54, 1.807) is 21.3 Å². The molecule has 1 unspecified atom stereocenters. The van der Waals surface area contributed by atoms with Crippen molar-refractivity contribution in [2.75, 3.05) is 54.1 Å². The van der Waals surface area contributed by atoms with Crippen molar-refractivity contribution >= 4 is 5.96 Å². The van der Waals surface area contributed by atoms with Gasteiger partial charge in [0.15, 0.2) is 17.5 Å². The summed E-state index contributed by atoms with van der Waals surface area (Å²) in [5.41, 5.74) is 2.02. The number of nitrogens with zero attached hydrogens (tertiary/aromatic N) is 2. The van der Waals surface area contributed by atoms with Crippen LogP contribution in [0.25, 0.3) is 0 Å². The van der Waals surface area contributed by atoms with Gasteiger partial charge in [0.1, 0.15) is 5.82 Å². The molecule has 1 aliphatic rings. The SMILES string of the molecule is CN=C(NCc1cccc(OC)c1OC)NCC(c1ccc(F)cc1)N1CCOCC1. The van der Waals surface area contributed by atoms with Crippen LogP contribution in [-0.2, 0) is 11.3 Å². The first-order chi connectivity index (χ1) is 15.2. The van der Waals surface area contributed by atoms with E-state index in [0.29, 0.717) is 43.8 Å². The molecule has 1 heterocycles. The molecular weight excluding hydrogens is 399 g/mol. The van der Waals surface area contributed by atoms with Crippen molar-refractivity contribution < 1.29 is 18.6 Å². The Balaban J connectivity index is 1.66. The molecule has 1 saturated heterocycles. The van der Waals surface area contributed by atoms with Gasteiger partial charge in [-0.25, -0.2) is 4.39 Å². The van der Waals surface area contributed by atoms with Crippen LogP contribution in [0.1, 0.15) is 17.2 Å². The van der Waals surface area contributed by atoms with E-state index in [4.69, 9.17) is 14.2 Å². The van der Waals surface area contributed by atoms with E-state index in [1.165, 1.54) is 12.1 Å². The van der Waals surface area contributed by atoms with Crippen LogP contribution < -0.4 is 20.1 Å². The molecule has 1 fully saturated rings. The maximum Gasteiger partial charge on any atom is 0.191 e. The van der Waals surface area contributed by atoms with Gasteiger partial charge in [0.2, 0.25) is 0 Å². The zero-order chi connectivity index (χ0) is 22.1. The van der Waals surface area contributed by atoms with E-state index in [-0.39, 0.29) is 11.9 Å². The minimum atomic E-state index is -0.234. The number of para-hydroxylation sites is 1. The molecule has 2 N–H and O–H groups in total. The molecule has 0 spiro atoms. The first-order valence-electron chi connectivity index (χ1n) is 10.4. The van der Waals surface area contributed by atoms with Crippen molar-refractivity contribution in [1.82, 2.24) is 15.5 Å². The quantitative estimate of drug-likeness (QED) is 0.496. The number of guanidine groups is 1. The highest BCUT2D eigenvalue weighted by molar-refractivity contribution is 5.79. The zero-order valence-corrected chi connectivity index (χ0v) is 18.4. The highest BCUT2D eigenvalue weighted by Gasteiger charge is 2.23. The number of halogens is 1. The number of benzene rings is 2. The van der Waals surface area contributed by atoms with Gasteiger partial charge in [-0.15, -0.1) is 0 Å². The minimum absolute atomic E-state index is 0.0782. The lowest BCUT2D eigenvalue weighted by Crippen LogP contribution is -2.46. The van der Waals surface area contributed by atoms with Gasteiger partial charge < -0.3 is 24.8 Å². The Morgan fingerprint density at radius 2 is 1.84 bits per heavy atom. The largest absolute Gasteiger partial charge is 0.493 e. The van der Waals surface area contributed by atoms with E-state index in [2.05, 4.69) is 20.5 Å². The number of methoxy groups -OCH3 is 2. The smallest absolute Gasteiger partial charge is 0.191 e. The number of nitrogens with one attached hydrogen (secondary N) is 2. The van der Waals surface area contributed by atoms with Gasteiger partial charge in [0, 0.05) is 38.8 Å². The lowest BCUT2D eigenvalue weighted by molar-refractivity contribution is 0.0170. The Bertz CT molecular complexity index is 854. The van der Waals surface area contributed by atoms with Crippen LogP contribution in [0.3, 0.4) is 0 Å². The van der Waals surface area contributed by atoms with Crippen LogP contribution in [0.4, 0.5) is 4.39 Å². The Morgan fingerprint density at radius 3 is 2.48 bits per heavy atom. The normalized spacial score (nSPS) is 15.9. The van der Waals surface area contributed by atoms with Gasteiger partial charge >= 0.3 is 0 Å². The summed E-state index contributed by atoms with van der Waals surface area (Å²) in [7, 11) is 4.99. The number of hydrogen-bond acceptors (Lipinski definition) is 5. The number of aliphatic imine (C=N–C) groups is 1. The highest BCUT2D eigenvalue weighted by Crippen LogP contribution is 2.30. The summed E-state index contributed by atoms with van der Waals surface area (Å²) in [4.78, 5) is 6.69. The van der Waals surface area contributed by atoms with Crippen LogP contribution in [-0.4, -0.2) is 65.0 Å². The zero-order valence-electron chi connectivity index (χ0n) is 18.4.